The molecule has 2 rings (SSSR count). The smallest absolute Gasteiger partial charge is 0.328 e. The molecule has 1 aromatic rings. The quantitative estimate of drug-likeness (QED) is 0.713. The summed E-state index contributed by atoms with van der Waals surface area (Å²) in [5.74, 6) is -4.46. The maximum absolute atomic E-state index is 12.7. The number of nitrogens with zero attached hydrogens (tertiary/aromatic N) is 2. The van der Waals surface area contributed by atoms with E-state index >= 15 is 0 Å². The number of urea groups is 1. The third kappa shape index (κ3) is 4.84. The second kappa shape index (κ2) is 8.66. The zero-order valence-corrected chi connectivity index (χ0v) is 15.4. The van der Waals surface area contributed by atoms with Gasteiger partial charge in [-0.25, -0.2) is 14.5 Å². The Labute approximate surface area is 157 Å². The number of rotatable bonds is 8. The van der Waals surface area contributed by atoms with Gasteiger partial charge in [-0.1, -0.05) is 37.3 Å². The van der Waals surface area contributed by atoms with E-state index in [2.05, 4.69) is 0 Å². The van der Waals surface area contributed by atoms with Crippen LogP contribution in [0.2, 0.25) is 0 Å². The van der Waals surface area contributed by atoms with Gasteiger partial charge in [0.05, 0.1) is 12.5 Å². The highest BCUT2D eigenvalue weighted by Crippen LogP contribution is 2.24. The first-order valence-electron chi connectivity index (χ1n) is 8.80. The molecule has 0 saturated carbocycles. The highest BCUT2D eigenvalue weighted by atomic mass is 16.4. The SMILES string of the molecule is C[C@H](C[C@@H](CCc1ccccc1)C(=O)O)C(=O)N1C(=O)N(C)C[C@H]1C(=O)O. The summed E-state index contributed by atoms with van der Waals surface area (Å²) in [6, 6.07) is 7.52. The Morgan fingerprint density at radius 3 is 2.37 bits per heavy atom. The number of carboxylic acids is 2. The summed E-state index contributed by atoms with van der Waals surface area (Å²) < 4.78 is 0. The monoisotopic (exact) mass is 376 g/mol. The third-order valence-corrected chi connectivity index (χ3v) is 4.85. The van der Waals surface area contributed by atoms with E-state index in [4.69, 9.17) is 0 Å². The van der Waals surface area contributed by atoms with E-state index in [0.717, 1.165) is 10.5 Å². The Morgan fingerprint density at radius 2 is 1.81 bits per heavy atom. The molecule has 3 amide bonds. The van der Waals surface area contributed by atoms with Crippen molar-refractivity contribution in [3.8, 4) is 0 Å². The van der Waals surface area contributed by atoms with Gasteiger partial charge in [-0.05, 0) is 24.8 Å². The molecular weight excluding hydrogens is 352 g/mol. The van der Waals surface area contributed by atoms with Crippen LogP contribution in [0.4, 0.5) is 4.79 Å². The lowest BCUT2D eigenvalue weighted by Gasteiger charge is -2.24. The van der Waals surface area contributed by atoms with Gasteiger partial charge in [-0.3, -0.25) is 9.59 Å². The van der Waals surface area contributed by atoms with E-state index in [1.54, 1.807) is 0 Å². The van der Waals surface area contributed by atoms with Crippen LogP contribution in [-0.4, -0.2) is 63.5 Å². The number of carbonyl (C=O) groups excluding carboxylic acids is 2. The summed E-state index contributed by atoms with van der Waals surface area (Å²) >= 11 is 0. The topological polar surface area (TPSA) is 115 Å². The number of imide groups is 1. The number of aryl methyl sites for hydroxylation is 1. The van der Waals surface area contributed by atoms with Gasteiger partial charge in [-0.2, -0.15) is 0 Å². The minimum atomic E-state index is -1.26. The summed E-state index contributed by atoms with van der Waals surface area (Å²) in [5, 5.41) is 18.8. The highest BCUT2D eigenvalue weighted by Gasteiger charge is 2.45. The first-order chi connectivity index (χ1) is 12.7. The average Bonchev–Trinajstić information content (AvgIpc) is 2.93. The minimum Gasteiger partial charge on any atom is -0.481 e. The van der Waals surface area contributed by atoms with Gasteiger partial charge in [0.2, 0.25) is 5.91 Å². The Balaban J connectivity index is 2.04. The number of aliphatic carboxylic acids is 2. The fraction of sp³-hybridized carbons (Fsp3) is 0.474. The maximum atomic E-state index is 12.7. The van der Waals surface area contributed by atoms with E-state index in [9.17, 15) is 29.4 Å². The highest BCUT2D eigenvalue weighted by molar-refractivity contribution is 6.01. The van der Waals surface area contributed by atoms with Gasteiger partial charge in [-0.15, -0.1) is 0 Å². The predicted molar refractivity (Wildman–Crippen MR) is 96.0 cm³/mol. The molecule has 2 N–H and O–H groups in total. The van der Waals surface area contributed by atoms with E-state index in [1.807, 2.05) is 30.3 Å². The molecule has 0 bridgehead atoms. The van der Waals surface area contributed by atoms with Crippen LogP contribution in [-0.2, 0) is 20.8 Å². The molecule has 8 nitrogen and oxygen atoms in total. The number of carbonyl (C=O) groups is 4. The first-order valence-corrected chi connectivity index (χ1v) is 8.80. The van der Waals surface area contributed by atoms with Crippen LogP contribution in [0.25, 0.3) is 0 Å². The molecule has 1 aliphatic rings. The summed E-state index contributed by atoms with van der Waals surface area (Å²) in [7, 11) is 1.43. The summed E-state index contributed by atoms with van der Waals surface area (Å²) in [6.45, 7) is 1.45. The van der Waals surface area contributed by atoms with Crippen molar-refractivity contribution >= 4 is 23.9 Å². The standard InChI is InChI=1S/C19H24N2O6/c1-12(16(22)21-15(18(25)26)11-20(2)19(21)27)10-14(17(23)24)9-8-13-6-4-3-5-7-13/h3-7,12,14-15H,8-11H2,1-2H3,(H,23,24)(H,25,26)/t12-,14-,15+/m1/s1. The molecule has 1 heterocycles. The van der Waals surface area contributed by atoms with Crippen LogP contribution in [0.1, 0.15) is 25.3 Å². The van der Waals surface area contributed by atoms with Crippen LogP contribution in [0.15, 0.2) is 30.3 Å². The number of benzene rings is 1. The normalized spacial score (nSPS) is 19.0. The summed E-state index contributed by atoms with van der Waals surface area (Å²) in [4.78, 5) is 49.7. The number of amides is 3. The van der Waals surface area contributed by atoms with Crippen LogP contribution in [0.5, 0.6) is 0 Å². The van der Waals surface area contributed by atoms with Crippen molar-refractivity contribution in [3.63, 3.8) is 0 Å². The van der Waals surface area contributed by atoms with Crippen molar-refractivity contribution in [1.29, 1.82) is 0 Å². The predicted octanol–water partition coefficient (Wildman–Crippen LogP) is 1.69. The zero-order chi connectivity index (χ0) is 20.1. The lowest BCUT2D eigenvalue weighted by molar-refractivity contribution is -0.148. The second-order valence-electron chi connectivity index (χ2n) is 6.92. The fourth-order valence-corrected chi connectivity index (χ4v) is 3.27. The fourth-order valence-electron chi connectivity index (χ4n) is 3.27. The molecule has 8 heteroatoms. The molecular formula is C19H24N2O6. The Bertz CT molecular complexity index is 720. The Hall–Kier alpha value is -2.90. The molecule has 0 aliphatic carbocycles. The maximum Gasteiger partial charge on any atom is 0.328 e. The molecule has 1 saturated heterocycles. The van der Waals surface area contributed by atoms with Gasteiger partial charge in [0.15, 0.2) is 6.04 Å². The molecule has 1 aromatic carbocycles. The van der Waals surface area contributed by atoms with Crippen LogP contribution in [0, 0.1) is 11.8 Å². The van der Waals surface area contributed by atoms with Crippen molar-refractivity contribution in [2.45, 2.75) is 32.2 Å². The minimum absolute atomic E-state index is 0.0425. The zero-order valence-electron chi connectivity index (χ0n) is 15.4. The van der Waals surface area contributed by atoms with Crippen molar-refractivity contribution in [2.75, 3.05) is 13.6 Å². The molecule has 1 fully saturated rings. The Kier molecular flexibility index (Phi) is 6.55. The average molecular weight is 376 g/mol. The molecule has 3 atom stereocenters. The lowest BCUT2D eigenvalue weighted by Crippen LogP contribution is -2.46. The third-order valence-electron chi connectivity index (χ3n) is 4.85. The molecule has 0 radical (unpaired) electrons. The van der Waals surface area contributed by atoms with Crippen LogP contribution < -0.4 is 0 Å². The Morgan fingerprint density at radius 1 is 1.19 bits per heavy atom. The van der Waals surface area contributed by atoms with E-state index < -0.39 is 41.8 Å². The van der Waals surface area contributed by atoms with Crippen LogP contribution >= 0.6 is 0 Å². The number of likely N-dealkylation sites (N-methyl/N-ethyl adjacent to an activating group) is 1. The first kappa shape index (κ1) is 20.4. The van der Waals surface area contributed by atoms with Gasteiger partial charge >= 0.3 is 18.0 Å². The van der Waals surface area contributed by atoms with Crippen molar-refractivity contribution in [3.05, 3.63) is 35.9 Å². The molecule has 27 heavy (non-hydrogen) atoms. The van der Waals surface area contributed by atoms with Crippen molar-refractivity contribution in [2.24, 2.45) is 11.8 Å². The molecule has 0 spiro atoms. The van der Waals surface area contributed by atoms with Crippen LogP contribution in [0.3, 0.4) is 0 Å². The molecule has 0 unspecified atom stereocenters. The number of hydrogen-bond donors (Lipinski definition) is 2. The van der Waals surface area contributed by atoms with Gasteiger partial charge in [0.1, 0.15) is 0 Å². The van der Waals surface area contributed by atoms with Gasteiger partial charge in [0.25, 0.3) is 0 Å². The molecule has 0 aromatic heterocycles. The van der Waals surface area contributed by atoms with E-state index in [1.165, 1.54) is 18.9 Å². The summed E-state index contributed by atoms with van der Waals surface area (Å²) in [5.41, 5.74) is 1.00. The van der Waals surface area contributed by atoms with E-state index in [0.29, 0.717) is 12.8 Å². The number of carboxylic acid groups (broad SMARTS) is 2. The molecule has 1 aliphatic heterocycles. The van der Waals surface area contributed by atoms with Gasteiger partial charge < -0.3 is 15.1 Å². The lowest BCUT2D eigenvalue weighted by atomic mass is 9.89. The van der Waals surface area contributed by atoms with Crippen molar-refractivity contribution < 1.29 is 29.4 Å². The second-order valence-corrected chi connectivity index (χ2v) is 6.92. The number of hydrogen-bond acceptors (Lipinski definition) is 4. The molecule has 146 valence electrons. The summed E-state index contributed by atoms with van der Waals surface area (Å²) in [6.07, 6.45) is 0.954. The van der Waals surface area contributed by atoms with Crippen molar-refractivity contribution in [1.82, 2.24) is 9.80 Å². The van der Waals surface area contributed by atoms with Gasteiger partial charge in [0, 0.05) is 13.0 Å². The largest absolute Gasteiger partial charge is 0.481 e. The van der Waals surface area contributed by atoms with E-state index in [-0.39, 0.29) is 13.0 Å².